The zero-order valence-electron chi connectivity index (χ0n) is 13.5. The molecule has 0 aliphatic heterocycles. The molecule has 0 aromatic carbocycles. The highest BCUT2D eigenvalue weighted by Crippen LogP contribution is 2.38. The van der Waals surface area contributed by atoms with Crippen LogP contribution in [0.1, 0.15) is 49.3 Å². The van der Waals surface area contributed by atoms with Crippen LogP contribution in [-0.2, 0) is 12.8 Å². The number of nitrogens with one attached hydrogen (secondary N) is 1. The molecule has 1 atom stereocenters. The van der Waals surface area contributed by atoms with Crippen molar-refractivity contribution in [1.82, 2.24) is 10.2 Å². The summed E-state index contributed by atoms with van der Waals surface area (Å²) in [6, 6.07) is 5.22. The normalized spacial score (nSPS) is 19.6. The Kier molecular flexibility index (Phi) is 5.65. The van der Waals surface area contributed by atoms with E-state index in [1.54, 1.807) is 4.88 Å². The van der Waals surface area contributed by atoms with Gasteiger partial charge in [-0.3, -0.25) is 0 Å². The first-order valence-corrected chi connectivity index (χ1v) is 8.92. The van der Waals surface area contributed by atoms with E-state index < -0.39 is 0 Å². The molecule has 2 rings (SSSR count). The topological polar surface area (TPSA) is 15.3 Å². The van der Waals surface area contributed by atoms with E-state index in [0.717, 1.165) is 13.0 Å². The predicted octanol–water partition coefficient (Wildman–Crippen LogP) is 3.71. The lowest BCUT2D eigenvalue weighted by molar-refractivity contribution is 0.105. The molecule has 1 aliphatic carbocycles. The molecule has 1 aromatic heterocycles. The van der Waals surface area contributed by atoms with Gasteiger partial charge in [-0.2, -0.15) is 0 Å². The smallest absolute Gasteiger partial charge is 0.0359 e. The maximum Gasteiger partial charge on any atom is 0.0359 e. The Morgan fingerprint density at radius 1 is 1.20 bits per heavy atom. The summed E-state index contributed by atoms with van der Waals surface area (Å²) in [5, 5.41) is 3.79. The summed E-state index contributed by atoms with van der Waals surface area (Å²) >= 11 is 2.00. The van der Waals surface area contributed by atoms with Gasteiger partial charge < -0.3 is 10.2 Å². The highest BCUT2D eigenvalue weighted by atomic mass is 32.1. The molecule has 1 saturated carbocycles. The van der Waals surface area contributed by atoms with E-state index in [0.29, 0.717) is 11.6 Å². The van der Waals surface area contributed by atoms with Crippen LogP contribution in [0.2, 0.25) is 0 Å². The van der Waals surface area contributed by atoms with Crippen LogP contribution in [0.4, 0.5) is 0 Å². The third-order valence-electron chi connectivity index (χ3n) is 4.93. The fourth-order valence-electron chi connectivity index (χ4n) is 3.72. The molecule has 114 valence electrons. The maximum absolute atomic E-state index is 3.79. The number of hydrogen-bond donors (Lipinski definition) is 1. The molecule has 0 saturated heterocycles. The lowest BCUT2D eigenvalue weighted by Gasteiger charge is -2.43. The van der Waals surface area contributed by atoms with Crippen LogP contribution in [0.15, 0.2) is 12.1 Å². The van der Waals surface area contributed by atoms with Gasteiger partial charge in [-0.15, -0.1) is 11.3 Å². The number of likely N-dealkylation sites (N-methyl/N-ethyl adjacent to an activating group) is 2. The second kappa shape index (κ2) is 7.06. The molecule has 20 heavy (non-hydrogen) atoms. The Hall–Kier alpha value is -0.380. The fraction of sp³-hybridized carbons (Fsp3) is 0.765. The van der Waals surface area contributed by atoms with Gasteiger partial charge in [0.2, 0.25) is 0 Å². The van der Waals surface area contributed by atoms with Crippen LogP contribution in [0.5, 0.6) is 0 Å². The Labute approximate surface area is 128 Å². The van der Waals surface area contributed by atoms with Crippen molar-refractivity contribution < 1.29 is 0 Å². The van der Waals surface area contributed by atoms with E-state index in [2.05, 4.69) is 50.3 Å². The Bertz CT molecular complexity index is 405. The summed E-state index contributed by atoms with van der Waals surface area (Å²) in [6.07, 6.45) is 7.77. The van der Waals surface area contributed by atoms with Crippen molar-refractivity contribution in [1.29, 1.82) is 0 Å². The third-order valence-corrected chi connectivity index (χ3v) is 6.18. The summed E-state index contributed by atoms with van der Waals surface area (Å²) < 4.78 is 0. The van der Waals surface area contributed by atoms with Crippen molar-refractivity contribution in [3.8, 4) is 0 Å². The summed E-state index contributed by atoms with van der Waals surface area (Å²) in [5.74, 6) is 0. The highest BCUT2D eigenvalue weighted by Gasteiger charge is 2.42. The van der Waals surface area contributed by atoms with Crippen LogP contribution in [-0.4, -0.2) is 37.1 Å². The number of aryl methyl sites for hydroxylation is 1. The molecule has 0 spiro atoms. The molecule has 0 bridgehead atoms. The number of rotatable bonds is 7. The van der Waals surface area contributed by atoms with Gasteiger partial charge in [0.05, 0.1) is 0 Å². The minimum Gasteiger partial charge on any atom is -0.312 e. The fourth-order valence-corrected chi connectivity index (χ4v) is 4.72. The van der Waals surface area contributed by atoms with E-state index in [-0.39, 0.29) is 0 Å². The summed E-state index contributed by atoms with van der Waals surface area (Å²) in [7, 11) is 4.53. The molecule has 1 fully saturated rings. The van der Waals surface area contributed by atoms with Gasteiger partial charge in [0.15, 0.2) is 0 Å². The molecule has 0 amide bonds. The van der Waals surface area contributed by atoms with Gasteiger partial charge in [0.1, 0.15) is 0 Å². The van der Waals surface area contributed by atoms with Crippen LogP contribution >= 0.6 is 11.3 Å². The van der Waals surface area contributed by atoms with Gasteiger partial charge in [-0.25, -0.2) is 0 Å². The molecule has 1 heterocycles. The summed E-state index contributed by atoms with van der Waals surface area (Å²) in [4.78, 5) is 5.54. The van der Waals surface area contributed by atoms with E-state index in [1.807, 2.05) is 11.3 Å². The van der Waals surface area contributed by atoms with Crippen LogP contribution in [0, 0.1) is 0 Å². The Balaban J connectivity index is 2.16. The molecule has 1 unspecified atom stereocenters. The second-order valence-corrected chi connectivity index (χ2v) is 7.49. The lowest BCUT2D eigenvalue weighted by atomic mass is 9.84. The van der Waals surface area contributed by atoms with E-state index in [4.69, 9.17) is 0 Å². The Morgan fingerprint density at radius 2 is 1.85 bits per heavy atom. The van der Waals surface area contributed by atoms with Crippen LogP contribution in [0.3, 0.4) is 0 Å². The van der Waals surface area contributed by atoms with Crippen molar-refractivity contribution in [2.75, 3.05) is 20.6 Å². The summed E-state index contributed by atoms with van der Waals surface area (Å²) in [5.41, 5.74) is 0.354. The molecule has 1 N–H and O–H groups in total. The van der Waals surface area contributed by atoms with Gasteiger partial charge in [0.25, 0.3) is 0 Å². The molecule has 2 nitrogen and oxygen atoms in total. The largest absolute Gasteiger partial charge is 0.312 e. The summed E-state index contributed by atoms with van der Waals surface area (Å²) in [6.45, 7) is 5.54. The van der Waals surface area contributed by atoms with Crippen LogP contribution in [0.25, 0.3) is 0 Å². The highest BCUT2D eigenvalue weighted by molar-refractivity contribution is 7.11. The first kappa shape index (κ1) is 16.0. The van der Waals surface area contributed by atoms with E-state index >= 15 is 0 Å². The minimum atomic E-state index is 0.354. The Morgan fingerprint density at radius 3 is 2.35 bits per heavy atom. The van der Waals surface area contributed by atoms with Crippen molar-refractivity contribution >= 4 is 11.3 Å². The first-order valence-electron chi connectivity index (χ1n) is 8.10. The number of hydrogen-bond acceptors (Lipinski definition) is 3. The van der Waals surface area contributed by atoms with Crippen molar-refractivity contribution in [3.63, 3.8) is 0 Å². The predicted molar refractivity (Wildman–Crippen MR) is 89.8 cm³/mol. The monoisotopic (exact) mass is 294 g/mol. The first-order chi connectivity index (χ1) is 9.62. The standard InChI is InChI=1S/C17H30N2S/c1-5-14-9-10-15(20-14)13-16(18-6-2)17(19(3)4)11-7-8-12-17/h9-10,16,18H,5-8,11-13H2,1-4H3. The molecule has 1 aromatic rings. The van der Waals surface area contributed by atoms with E-state index in [1.165, 1.54) is 37.0 Å². The zero-order valence-corrected chi connectivity index (χ0v) is 14.4. The quantitative estimate of drug-likeness (QED) is 0.825. The molecular formula is C17H30N2S. The maximum atomic E-state index is 3.79. The minimum absolute atomic E-state index is 0.354. The zero-order chi connectivity index (χ0) is 14.6. The average molecular weight is 295 g/mol. The SMILES string of the molecule is CCNC(Cc1ccc(CC)s1)C1(N(C)C)CCCC1. The van der Waals surface area contributed by atoms with Crippen molar-refractivity contribution in [2.24, 2.45) is 0 Å². The number of nitrogens with zero attached hydrogens (tertiary/aromatic N) is 1. The van der Waals surface area contributed by atoms with Crippen molar-refractivity contribution in [3.05, 3.63) is 21.9 Å². The van der Waals surface area contributed by atoms with Gasteiger partial charge in [-0.05, 0) is 58.5 Å². The van der Waals surface area contributed by atoms with Crippen molar-refractivity contribution in [2.45, 2.75) is 64.0 Å². The number of thiophene rings is 1. The average Bonchev–Trinajstić information content (AvgIpc) is 3.07. The molecule has 1 aliphatic rings. The molecule has 0 radical (unpaired) electrons. The second-order valence-electron chi connectivity index (χ2n) is 6.24. The van der Waals surface area contributed by atoms with Crippen LogP contribution < -0.4 is 5.32 Å². The van der Waals surface area contributed by atoms with E-state index in [9.17, 15) is 0 Å². The molecular weight excluding hydrogens is 264 g/mol. The lowest BCUT2D eigenvalue weighted by Crippen LogP contribution is -2.58. The van der Waals surface area contributed by atoms with Gasteiger partial charge in [0, 0.05) is 21.3 Å². The molecule has 3 heteroatoms. The third kappa shape index (κ3) is 3.26. The van der Waals surface area contributed by atoms with Gasteiger partial charge in [-0.1, -0.05) is 26.7 Å². The van der Waals surface area contributed by atoms with Gasteiger partial charge >= 0.3 is 0 Å².